The van der Waals surface area contributed by atoms with E-state index < -0.39 is 23.8 Å². The smallest absolute Gasteiger partial charge is 0.410 e. The molecule has 472 valence electrons. The van der Waals surface area contributed by atoms with E-state index in [1.165, 1.54) is 0 Å². The molecule has 0 unspecified atom stereocenters. The number of rotatable bonds is 22. The Morgan fingerprint density at radius 2 is 0.989 bits per heavy atom. The van der Waals surface area contributed by atoms with E-state index in [0.29, 0.717) is 109 Å². The molecule has 4 aliphatic rings. The molecule has 0 radical (unpaired) electrons. The Balaban J connectivity index is 0.000000214. The highest BCUT2D eigenvalue weighted by Gasteiger charge is 2.43. The monoisotopic (exact) mass is 1290 g/mol. The largest absolute Gasteiger partial charge is 0.490 e. The van der Waals surface area contributed by atoms with E-state index >= 15 is 0 Å². The van der Waals surface area contributed by atoms with Crippen LogP contribution in [-0.4, -0.2) is 114 Å². The van der Waals surface area contributed by atoms with Crippen LogP contribution in [0.2, 0.25) is 20.1 Å². The molecular weight excluding hydrogens is 1210 g/mol. The van der Waals surface area contributed by atoms with Crippen LogP contribution in [0.4, 0.5) is 4.79 Å². The van der Waals surface area contributed by atoms with Crippen molar-refractivity contribution >= 4 is 75.5 Å². The molecule has 2 heterocycles. The lowest BCUT2D eigenvalue weighted by Crippen LogP contribution is -2.50. The third-order valence-electron chi connectivity index (χ3n) is 16.4. The van der Waals surface area contributed by atoms with Gasteiger partial charge in [0.1, 0.15) is 55.0 Å². The molecule has 6 aromatic carbocycles. The second-order valence-electron chi connectivity index (χ2n) is 24.2. The van der Waals surface area contributed by atoms with Crippen LogP contribution in [-0.2, 0) is 27.4 Å². The minimum absolute atomic E-state index is 0.0752. The van der Waals surface area contributed by atoms with E-state index in [0.717, 1.165) is 98.6 Å². The molecule has 2 saturated carbocycles. The molecule has 0 aromatic heterocycles. The van der Waals surface area contributed by atoms with Gasteiger partial charge >= 0.3 is 6.09 Å². The molecule has 2 atom stereocenters. The van der Waals surface area contributed by atoms with Crippen molar-refractivity contribution in [3.8, 4) is 23.0 Å². The zero-order valence-corrected chi connectivity index (χ0v) is 55.3. The molecule has 2 aliphatic heterocycles. The van der Waals surface area contributed by atoms with E-state index in [9.17, 15) is 19.5 Å². The van der Waals surface area contributed by atoms with Crippen LogP contribution in [0.25, 0.3) is 11.1 Å². The number of carbonyl (C=O) groups is 3. The minimum Gasteiger partial charge on any atom is -0.490 e. The Kier molecular flexibility index (Phi) is 22.8. The first-order chi connectivity index (χ1) is 42.7. The van der Waals surface area contributed by atoms with Crippen LogP contribution in [0.15, 0.2) is 132 Å². The zero-order chi connectivity index (χ0) is 63.5. The van der Waals surface area contributed by atoms with Crippen LogP contribution in [0.3, 0.4) is 0 Å². The van der Waals surface area contributed by atoms with Crippen molar-refractivity contribution in [2.75, 3.05) is 46.1 Å². The van der Waals surface area contributed by atoms with Gasteiger partial charge in [0.05, 0.1) is 38.8 Å². The highest BCUT2D eigenvalue weighted by Crippen LogP contribution is 2.41. The Morgan fingerprint density at radius 1 is 0.573 bits per heavy atom. The van der Waals surface area contributed by atoms with Gasteiger partial charge in [-0.2, -0.15) is 0 Å². The predicted molar refractivity (Wildman–Crippen MR) is 356 cm³/mol. The third kappa shape index (κ3) is 17.0. The fraction of sp³-hybridized carbons (Fsp3) is 0.403. The van der Waals surface area contributed by atoms with Crippen LogP contribution in [0, 0.1) is 27.7 Å². The first kappa shape index (κ1) is 66.7. The number of aliphatic hydroxyl groups excluding tert-OH is 1. The van der Waals surface area contributed by atoms with Crippen molar-refractivity contribution in [3.63, 3.8) is 0 Å². The Bertz CT molecular complexity index is 3500. The number of carbonyl (C=O) groups excluding carboxylic acids is 3. The predicted octanol–water partition coefficient (Wildman–Crippen LogP) is 15.8. The summed E-state index contributed by atoms with van der Waals surface area (Å²) in [7, 11) is 0. The lowest BCUT2D eigenvalue weighted by atomic mass is 9.86. The number of hydrogen-bond acceptors (Lipinski definition) is 10. The molecule has 89 heavy (non-hydrogen) atoms. The van der Waals surface area contributed by atoms with Gasteiger partial charge in [0.2, 0.25) is 0 Å². The average Bonchev–Trinajstić information content (AvgIpc) is 1.50. The Hall–Kier alpha value is -6.71. The minimum atomic E-state index is -0.660. The van der Waals surface area contributed by atoms with Gasteiger partial charge < -0.3 is 48.8 Å². The number of aliphatic hydroxyl groups is 1. The van der Waals surface area contributed by atoms with Gasteiger partial charge in [0.25, 0.3) is 11.8 Å². The van der Waals surface area contributed by atoms with E-state index in [1.54, 1.807) is 17.0 Å². The lowest BCUT2D eigenvalue weighted by molar-refractivity contribution is -0.129. The second-order valence-corrected chi connectivity index (χ2v) is 25.8. The molecule has 0 spiro atoms. The number of hydrogen-bond donors (Lipinski definition) is 2. The summed E-state index contributed by atoms with van der Waals surface area (Å²) in [6, 6.07) is 38.2. The van der Waals surface area contributed by atoms with Crippen molar-refractivity contribution in [1.82, 2.24) is 20.0 Å². The third-order valence-corrected chi connectivity index (χ3v) is 18.1. The highest BCUT2D eigenvalue weighted by molar-refractivity contribution is 6.43. The van der Waals surface area contributed by atoms with Crippen molar-refractivity contribution in [3.05, 3.63) is 197 Å². The molecule has 2 N–H and O–H groups in total. The average molecular weight is 1290 g/mol. The normalized spacial score (nSPS) is 16.7. The molecule has 17 heteroatoms. The molecule has 3 amide bonds. The number of nitrogens with zero attached hydrogens (tertiary/aromatic N) is 3. The van der Waals surface area contributed by atoms with Gasteiger partial charge in [-0.1, -0.05) is 138 Å². The topological polar surface area (TPSA) is 139 Å². The van der Waals surface area contributed by atoms with Crippen molar-refractivity contribution < 1.29 is 43.2 Å². The molecule has 10 rings (SSSR count). The van der Waals surface area contributed by atoms with E-state index in [1.807, 2.05) is 174 Å². The molecule has 0 saturated heterocycles. The molecule has 13 nitrogen and oxygen atoms in total. The first-order valence-corrected chi connectivity index (χ1v) is 32.4. The van der Waals surface area contributed by atoms with Crippen LogP contribution in [0.1, 0.15) is 117 Å². The number of amides is 3. The summed E-state index contributed by atoms with van der Waals surface area (Å²) in [4.78, 5) is 47.9. The van der Waals surface area contributed by atoms with Crippen molar-refractivity contribution in [1.29, 1.82) is 0 Å². The first-order valence-electron chi connectivity index (χ1n) is 30.9. The maximum Gasteiger partial charge on any atom is 0.410 e. The molecule has 6 aromatic rings. The number of para-hydroxylation sites is 2. The van der Waals surface area contributed by atoms with E-state index in [2.05, 4.69) is 5.32 Å². The number of aryl methyl sites for hydroxylation is 4. The Morgan fingerprint density at radius 3 is 1.40 bits per heavy atom. The summed E-state index contributed by atoms with van der Waals surface area (Å²) in [5, 5.41) is 15.4. The number of ether oxygens (including phenoxy) is 5. The molecule has 2 aliphatic carbocycles. The maximum atomic E-state index is 14.8. The quantitative estimate of drug-likeness (QED) is 0.0632. The van der Waals surface area contributed by atoms with E-state index in [4.69, 9.17) is 70.1 Å². The molecule has 2 fully saturated rings. The van der Waals surface area contributed by atoms with Gasteiger partial charge in [-0.3, -0.25) is 9.59 Å². The van der Waals surface area contributed by atoms with Crippen LogP contribution >= 0.6 is 46.4 Å². The summed E-state index contributed by atoms with van der Waals surface area (Å²) in [5.41, 5.74) is 10.3. The number of halogens is 4. The van der Waals surface area contributed by atoms with Crippen LogP contribution in [0.5, 0.6) is 23.0 Å². The summed E-state index contributed by atoms with van der Waals surface area (Å²) < 4.78 is 29.7. The number of nitrogens with one attached hydrogen (secondary N) is 1. The fourth-order valence-electron chi connectivity index (χ4n) is 11.7. The molecule has 0 bridgehead atoms. The summed E-state index contributed by atoms with van der Waals surface area (Å²) in [6.07, 6.45) is 5.06. The maximum absolute atomic E-state index is 14.8. The fourth-order valence-corrected chi connectivity index (χ4v) is 12.4. The van der Waals surface area contributed by atoms with Crippen molar-refractivity contribution in [2.24, 2.45) is 0 Å². The van der Waals surface area contributed by atoms with Gasteiger partial charge in [0, 0.05) is 42.9 Å². The van der Waals surface area contributed by atoms with Crippen molar-refractivity contribution in [2.45, 2.75) is 143 Å². The highest BCUT2D eigenvalue weighted by atomic mass is 35.5. The lowest BCUT2D eigenvalue weighted by Gasteiger charge is -2.40. The Labute approximate surface area is 544 Å². The van der Waals surface area contributed by atoms with Crippen LogP contribution < -0.4 is 24.3 Å². The SMILES string of the molecule is CC[C@@H]1C(C(=O)N(Cc2cccc(Cl)c2Cl)C2CC2)=C(c2ccc(OCCOc3c(C)cccc3C)cc2)CCN1C(=O)OC(C)(C)C.Cc1cccc(C)c1OCCOc1ccc(C2=C(C(=O)N(Cc3cccc(Cl)c3Cl)C3CC3)[C@@H](CO)NCC2)cc1. The second kappa shape index (κ2) is 30.4. The summed E-state index contributed by atoms with van der Waals surface area (Å²) in [5.74, 6) is 3.07. The summed E-state index contributed by atoms with van der Waals surface area (Å²) in [6.45, 7) is 19.0. The standard InChI is InChI=1S/C39H46Cl2N2O5.C33H36Cl2N2O4/c1-7-33-34(37(44)43(29-16-17-29)24-28-12-9-13-32(40)35(28)41)31(20-21-42(33)38(45)48-39(4,5)6)27-14-18-30(19-15-27)46-22-23-47-36-25(2)10-8-11-26(36)3;1-21-5-3-6-22(2)32(21)41-18-17-40-26-13-9-23(10-14-26)27-15-16-36-29(20-38)30(27)33(39)37(25-11-12-25)19-24-7-4-8-28(34)31(24)35/h8-15,18-19,29,33H,7,16-17,20-24H2,1-6H3;3-10,13-14,25,29,36,38H,11-12,15-20H2,1-2H3/t33-;29-/m11/s1. The molecular formula is C72H82Cl4N4O9. The van der Waals surface area contributed by atoms with E-state index in [-0.39, 0.29) is 30.5 Å². The number of benzene rings is 6. The van der Waals surface area contributed by atoms with Gasteiger partial charge in [-0.05, 0) is 192 Å². The zero-order valence-electron chi connectivity index (χ0n) is 52.2. The van der Waals surface area contributed by atoms with Gasteiger partial charge in [-0.25, -0.2) is 4.79 Å². The van der Waals surface area contributed by atoms with Gasteiger partial charge in [-0.15, -0.1) is 0 Å². The summed E-state index contributed by atoms with van der Waals surface area (Å²) >= 11 is 25.7. The van der Waals surface area contributed by atoms with Gasteiger partial charge in [0.15, 0.2) is 0 Å².